The molecule has 4 nitrogen and oxygen atoms in total. The molecule has 1 unspecified atom stereocenters. The van der Waals surface area contributed by atoms with E-state index in [9.17, 15) is 0 Å². The smallest absolute Gasteiger partial charge is 0.0547 e. The molecule has 4 heteroatoms. The van der Waals surface area contributed by atoms with Crippen LogP contribution in [0.2, 0.25) is 0 Å². The van der Waals surface area contributed by atoms with Gasteiger partial charge in [0.1, 0.15) is 0 Å². The van der Waals surface area contributed by atoms with Crippen LogP contribution in [0.4, 0.5) is 0 Å². The number of nitrogens with two attached hydrogens (primary N) is 1. The number of rotatable bonds is 3. The standard InChI is InChI=1S/C13H22N4/c1-11-4-3-5-12(15-11)9-17-7-6-16(2)10-13(17)8-14/h3-5,13H,6-10,14H2,1-2H3. The summed E-state index contributed by atoms with van der Waals surface area (Å²) in [6.07, 6.45) is 0. The van der Waals surface area contributed by atoms with Crippen molar-refractivity contribution in [1.82, 2.24) is 14.8 Å². The van der Waals surface area contributed by atoms with Gasteiger partial charge in [-0.3, -0.25) is 9.88 Å². The second-order valence-electron chi connectivity index (χ2n) is 4.89. The molecular weight excluding hydrogens is 212 g/mol. The fourth-order valence-electron chi connectivity index (χ4n) is 2.38. The van der Waals surface area contributed by atoms with E-state index in [-0.39, 0.29) is 0 Å². The Hall–Kier alpha value is -0.970. The third-order valence-corrected chi connectivity index (χ3v) is 3.39. The van der Waals surface area contributed by atoms with E-state index < -0.39 is 0 Å². The minimum absolute atomic E-state index is 0.455. The topological polar surface area (TPSA) is 45.4 Å². The largest absolute Gasteiger partial charge is 0.329 e. The van der Waals surface area contributed by atoms with Crippen LogP contribution in [0, 0.1) is 6.92 Å². The van der Waals surface area contributed by atoms with Crippen molar-refractivity contribution in [2.24, 2.45) is 5.73 Å². The minimum atomic E-state index is 0.455. The van der Waals surface area contributed by atoms with E-state index in [4.69, 9.17) is 5.73 Å². The molecule has 1 fully saturated rings. The van der Waals surface area contributed by atoms with Crippen LogP contribution in [0.3, 0.4) is 0 Å². The van der Waals surface area contributed by atoms with Gasteiger partial charge in [0.05, 0.1) is 5.69 Å². The molecule has 1 saturated heterocycles. The van der Waals surface area contributed by atoms with Gasteiger partial charge >= 0.3 is 0 Å². The minimum Gasteiger partial charge on any atom is -0.329 e. The number of nitrogens with zero attached hydrogens (tertiary/aromatic N) is 3. The predicted octanol–water partition coefficient (Wildman–Crippen LogP) is 0.465. The van der Waals surface area contributed by atoms with Gasteiger partial charge < -0.3 is 10.6 Å². The maximum Gasteiger partial charge on any atom is 0.0547 e. The summed E-state index contributed by atoms with van der Waals surface area (Å²) >= 11 is 0. The van der Waals surface area contributed by atoms with Gasteiger partial charge in [-0.15, -0.1) is 0 Å². The summed E-state index contributed by atoms with van der Waals surface area (Å²) in [6, 6.07) is 6.66. The van der Waals surface area contributed by atoms with E-state index in [1.54, 1.807) is 0 Å². The zero-order chi connectivity index (χ0) is 12.3. The zero-order valence-corrected chi connectivity index (χ0v) is 10.8. The van der Waals surface area contributed by atoms with Crippen molar-refractivity contribution in [3.8, 4) is 0 Å². The van der Waals surface area contributed by atoms with E-state index >= 15 is 0 Å². The zero-order valence-electron chi connectivity index (χ0n) is 10.8. The lowest BCUT2D eigenvalue weighted by Gasteiger charge is -2.39. The first-order chi connectivity index (χ1) is 8.19. The molecule has 0 spiro atoms. The number of aryl methyl sites for hydroxylation is 1. The first-order valence-corrected chi connectivity index (χ1v) is 6.24. The van der Waals surface area contributed by atoms with E-state index in [1.165, 1.54) is 0 Å². The van der Waals surface area contributed by atoms with Crippen molar-refractivity contribution in [2.45, 2.75) is 19.5 Å². The molecule has 17 heavy (non-hydrogen) atoms. The molecule has 1 aromatic rings. The molecule has 1 aliphatic heterocycles. The average molecular weight is 234 g/mol. The fourth-order valence-corrected chi connectivity index (χ4v) is 2.38. The normalized spacial score (nSPS) is 22.9. The van der Waals surface area contributed by atoms with Gasteiger partial charge in [-0.25, -0.2) is 0 Å². The van der Waals surface area contributed by atoms with Crippen LogP contribution in [-0.4, -0.2) is 54.1 Å². The Kier molecular flexibility index (Phi) is 4.10. The highest BCUT2D eigenvalue weighted by Gasteiger charge is 2.24. The maximum absolute atomic E-state index is 5.85. The summed E-state index contributed by atoms with van der Waals surface area (Å²) in [6.45, 7) is 6.92. The van der Waals surface area contributed by atoms with Gasteiger partial charge in [0.15, 0.2) is 0 Å². The molecule has 0 saturated carbocycles. The van der Waals surface area contributed by atoms with Gasteiger partial charge in [0, 0.05) is 44.5 Å². The summed E-state index contributed by atoms with van der Waals surface area (Å²) in [4.78, 5) is 9.35. The molecule has 2 N–H and O–H groups in total. The van der Waals surface area contributed by atoms with Crippen molar-refractivity contribution in [3.05, 3.63) is 29.6 Å². The number of pyridine rings is 1. The molecular formula is C13H22N4. The molecule has 1 aliphatic rings. The Labute approximate surface area is 103 Å². The van der Waals surface area contributed by atoms with Crippen LogP contribution in [0.15, 0.2) is 18.2 Å². The van der Waals surface area contributed by atoms with Crippen LogP contribution < -0.4 is 5.73 Å². The summed E-state index contributed by atoms with van der Waals surface area (Å²) in [5.41, 5.74) is 8.08. The third kappa shape index (κ3) is 3.25. The van der Waals surface area contributed by atoms with Crippen LogP contribution in [-0.2, 0) is 6.54 Å². The molecule has 2 heterocycles. The van der Waals surface area contributed by atoms with E-state index in [1.807, 2.05) is 13.0 Å². The van der Waals surface area contributed by atoms with Crippen molar-refractivity contribution in [1.29, 1.82) is 0 Å². The number of hydrogen-bond donors (Lipinski definition) is 1. The Morgan fingerprint density at radius 3 is 2.94 bits per heavy atom. The summed E-state index contributed by atoms with van der Waals surface area (Å²) in [5, 5.41) is 0. The first-order valence-electron chi connectivity index (χ1n) is 6.24. The van der Waals surface area contributed by atoms with Gasteiger partial charge in [-0.05, 0) is 26.1 Å². The Balaban J connectivity index is 2.02. The number of likely N-dealkylation sites (N-methyl/N-ethyl adjacent to an activating group) is 1. The van der Waals surface area contributed by atoms with Crippen molar-refractivity contribution >= 4 is 0 Å². The molecule has 0 aliphatic carbocycles. The highest BCUT2D eigenvalue weighted by atomic mass is 15.3. The van der Waals surface area contributed by atoms with Gasteiger partial charge in [-0.2, -0.15) is 0 Å². The van der Waals surface area contributed by atoms with Gasteiger partial charge in [0.25, 0.3) is 0 Å². The molecule has 1 aromatic heterocycles. The Morgan fingerprint density at radius 2 is 2.24 bits per heavy atom. The quantitative estimate of drug-likeness (QED) is 0.825. The Bertz CT molecular complexity index is 366. The third-order valence-electron chi connectivity index (χ3n) is 3.39. The number of hydrogen-bond acceptors (Lipinski definition) is 4. The molecule has 94 valence electrons. The summed E-state index contributed by atoms with van der Waals surface area (Å²) < 4.78 is 0. The molecule has 0 radical (unpaired) electrons. The molecule has 2 rings (SSSR count). The molecule has 0 aromatic carbocycles. The van der Waals surface area contributed by atoms with Crippen LogP contribution in [0.25, 0.3) is 0 Å². The summed E-state index contributed by atoms with van der Waals surface area (Å²) in [7, 11) is 2.16. The lowest BCUT2D eigenvalue weighted by molar-refractivity contribution is 0.0870. The highest BCUT2D eigenvalue weighted by Crippen LogP contribution is 2.11. The van der Waals surface area contributed by atoms with Crippen LogP contribution >= 0.6 is 0 Å². The van der Waals surface area contributed by atoms with Gasteiger partial charge in [-0.1, -0.05) is 6.07 Å². The van der Waals surface area contributed by atoms with E-state index in [0.29, 0.717) is 6.04 Å². The second-order valence-corrected chi connectivity index (χ2v) is 4.89. The first kappa shape index (κ1) is 12.5. The van der Waals surface area contributed by atoms with Crippen molar-refractivity contribution in [3.63, 3.8) is 0 Å². The van der Waals surface area contributed by atoms with E-state index in [2.05, 4.69) is 34.0 Å². The number of aromatic nitrogens is 1. The Morgan fingerprint density at radius 1 is 1.41 bits per heavy atom. The van der Waals surface area contributed by atoms with Crippen molar-refractivity contribution < 1.29 is 0 Å². The second kappa shape index (κ2) is 5.58. The molecule has 1 atom stereocenters. The van der Waals surface area contributed by atoms with Gasteiger partial charge in [0.2, 0.25) is 0 Å². The highest BCUT2D eigenvalue weighted by molar-refractivity contribution is 5.10. The SMILES string of the molecule is Cc1cccc(CN2CCN(C)CC2CN)n1. The van der Waals surface area contributed by atoms with Crippen molar-refractivity contribution in [2.75, 3.05) is 33.2 Å². The fraction of sp³-hybridized carbons (Fsp3) is 0.615. The average Bonchev–Trinajstić information content (AvgIpc) is 2.31. The lowest BCUT2D eigenvalue weighted by Crippen LogP contribution is -2.54. The van der Waals surface area contributed by atoms with E-state index in [0.717, 1.165) is 44.1 Å². The van der Waals surface area contributed by atoms with Crippen LogP contribution in [0.5, 0.6) is 0 Å². The monoisotopic (exact) mass is 234 g/mol. The number of piperazine rings is 1. The predicted molar refractivity (Wildman–Crippen MR) is 69.7 cm³/mol. The molecule has 0 amide bonds. The maximum atomic E-state index is 5.85. The van der Waals surface area contributed by atoms with Crippen LogP contribution in [0.1, 0.15) is 11.4 Å². The molecule has 0 bridgehead atoms. The lowest BCUT2D eigenvalue weighted by atomic mass is 10.1. The summed E-state index contributed by atoms with van der Waals surface area (Å²) in [5.74, 6) is 0.